The monoisotopic (exact) mass is 252 g/mol. The van der Waals surface area contributed by atoms with Gasteiger partial charge in [-0.2, -0.15) is 0 Å². The molecular weight excluding hydrogens is 232 g/mol. The minimum atomic E-state index is 0.247. The van der Waals surface area contributed by atoms with E-state index in [0.717, 1.165) is 24.0 Å². The summed E-state index contributed by atoms with van der Waals surface area (Å²) in [5, 5.41) is 13.9. The first-order chi connectivity index (χ1) is 8.29. The van der Waals surface area contributed by atoms with Crippen LogP contribution < -0.4 is 5.32 Å². The van der Waals surface area contributed by atoms with Gasteiger partial charge in [-0.25, -0.2) is 4.98 Å². The van der Waals surface area contributed by atoms with Crippen molar-refractivity contribution in [3.8, 4) is 0 Å². The third-order valence-corrected chi connectivity index (χ3v) is 4.09. The Balaban J connectivity index is 1.93. The van der Waals surface area contributed by atoms with Crippen LogP contribution in [0, 0.1) is 0 Å². The van der Waals surface area contributed by atoms with Crippen LogP contribution in [0.4, 0.5) is 0 Å². The first-order valence-corrected chi connectivity index (χ1v) is 7.12. The van der Waals surface area contributed by atoms with Gasteiger partial charge in [0.1, 0.15) is 5.03 Å². The predicted octanol–water partition coefficient (Wildman–Crippen LogP) is 2.20. The van der Waals surface area contributed by atoms with Crippen LogP contribution >= 0.6 is 11.8 Å². The SMILES string of the molecule is CC(CCO)Sc1ncccc1CNC1CC1. The van der Waals surface area contributed by atoms with E-state index in [1.165, 1.54) is 18.4 Å². The molecule has 1 aromatic rings. The Morgan fingerprint density at radius 2 is 2.41 bits per heavy atom. The molecule has 1 aliphatic carbocycles. The molecule has 1 aliphatic rings. The minimum absolute atomic E-state index is 0.247. The van der Waals surface area contributed by atoms with E-state index < -0.39 is 0 Å². The molecule has 0 aliphatic heterocycles. The topological polar surface area (TPSA) is 45.2 Å². The highest BCUT2D eigenvalue weighted by Crippen LogP contribution is 2.27. The van der Waals surface area contributed by atoms with Crippen LogP contribution in [0.1, 0.15) is 31.7 Å². The molecule has 0 amide bonds. The van der Waals surface area contributed by atoms with Crippen molar-refractivity contribution in [2.45, 2.75) is 49.0 Å². The Labute approximate surface area is 107 Å². The van der Waals surface area contributed by atoms with Crippen LogP contribution in [-0.4, -0.2) is 28.0 Å². The number of pyridine rings is 1. The molecule has 94 valence electrons. The van der Waals surface area contributed by atoms with Gasteiger partial charge in [-0.05, 0) is 30.9 Å². The second kappa shape index (κ2) is 6.38. The fraction of sp³-hybridized carbons (Fsp3) is 0.615. The summed E-state index contributed by atoms with van der Waals surface area (Å²) in [7, 11) is 0. The molecule has 0 radical (unpaired) electrons. The summed E-state index contributed by atoms with van der Waals surface area (Å²) < 4.78 is 0. The standard InChI is InChI=1S/C13H20N2OS/c1-10(6-8-16)17-13-11(3-2-7-14-13)9-15-12-4-5-12/h2-3,7,10,12,15-16H,4-6,8-9H2,1H3. The summed E-state index contributed by atoms with van der Waals surface area (Å²) in [4.78, 5) is 4.44. The van der Waals surface area contributed by atoms with Crippen LogP contribution in [-0.2, 0) is 6.54 Å². The fourth-order valence-corrected chi connectivity index (χ4v) is 2.66. The molecule has 17 heavy (non-hydrogen) atoms. The maximum absolute atomic E-state index is 8.92. The van der Waals surface area contributed by atoms with Gasteiger partial charge < -0.3 is 10.4 Å². The van der Waals surface area contributed by atoms with Crippen molar-refractivity contribution in [1.82, 2.24) is 10.3 Å². The molecule has 1 aromatic heterocycles. The Bertz CT molecular complexity index is 355. The van der Waals surface area contributed by atoms with E-state index in [1.807, 2.05) is 12.3 Å². The summed E-state index contributed by atoms with van der Waals surface area (Å²) in [5.74, 6) is 0. The highest BCUT2D eigenvalue weighted by molar-refractivity contribution is 7.99. The zero-order valence-electron chi connectivity index (χ0n) is 10.2. The van der Waals surface area contributed by atoms with Gasteiger partial charge in [-0.15, -0.1) is 11.8 Å². The number of aromatic nitrogens is 1. The van der Waals surface area contributed by atoms with E-state index >= 15 is 0 Å². The summed E-state index contributed by atoms with van der Waals surface area (Å²) in [6, 6.07) is 4.85. The second-order valence-electron chi connectivity index (χ2n) is 4.56. The number of nitrogens with one attached hydrogen (secondary N) is 1. The molecule has 1 fully saturated rings. The van der Waals surface area contributed by atoms with Crippen molar-refractivity contribution in [3.05, 3.63) is 23.9 Å². The van der Waals surface area contributed by atoms with Gasteiger partial charge >= 0.3 is 0 Å². The van der Waals surface area contributed by atoms with Gasteiger partial charge in [0.25, 0.3) is 0 Å². The lowest BCUT2D eigenvalue weighted by molar-refractivity contribution is 0.289. The van der Waals surface area contributed by atoms with Crippen molar-refractivity contribution in [2.24, 2.45) is 0 Å². The number of thioether (sulfide) groups is 1. The summed E-state index contributed by atoms with van der Waals surface area (Å²) in [6.45, 7) is 3.29. The molecule has 2 N–H and O–H groups in total. The van der Waals surface area contributed by atoms with Crippen molar-refractivity contribution in [3.63, 3.8) is 0 Å². The van der Waals surface area contributed by atoms with Crippen molar-refractivity contribution in [1.29, 1.82) is 0 Å². The van der Waals surface area contributed by atoms with Crippen LogP contribution in [0.5, 0.6) is 0 Å². The maximum atomic E-state index is 8.92. The van der Waals surface area contributed by atoms with E-state index in [-0.39, 0.29) is 6.61 Å². The highest BCUT2D eigenvalue weighted by Gasteiger charge is 2.20. The predicted molar refractivity (Wildman–Crippen MR) is 71.1 cm³/mol. The number of rotatable bonds is 7. The van der Waals surface area contributed by atoms with Crippen LogP contribution in [0.15, 0.2) is 23.4 Å². The van der Waals surface area contributed by atoms with Gasteiger partial charge in [0.2, 0.25) is 0 Å². The molecular formula is C13H20N2OS. The molecule has 0 bridgehead atoms. The quantitative estimate of drug-likeness (QED) is 0.730. The third-order valence-electron chi connectivity index (χ3n) is 2.86. The summed E-state index contributed by atoms with van der Waals surface area (Å²) >= 11 is 1.76. The average molecular weight is 252 g/mol. The smallest absolute Gasteiger partial charge is 0.101 e. The molecule has 4 heteroatoms. The lowest BCUT2D eigenvalue weighted by Crippen LogP contribution is -2.16. The maximum Gasteiger partial charge on any atom is 0.101 e. The van der Waals surface area contributed by atoms with Gasteiger partial charge in [0, 0.05) is 30.6 Å². The molecule has 1 heterocycles. The van der Waals surface area contributed by atoms with Gasteiger partial charge in [0.15, 0.2) is 0 Å². The minimum Gasteiger partial charge on any atom is -0.396 e. The Morgan fingerprint density at radius 3 is 3.12 bits per heavy atom. The lowest BCUT2D eigenvalue weighted by atomic mass is 10.3. The largest absolute Gasteiger partial charge is 0.396 e. The zero-order chi connectivity index (χ0) is 12.1. The van der Waals surface area contributed by atoms with Gasteiger partial charge in [-0.1, -0.05) is 13.0 Å². The van der Waals surface area contributed by atoms with Crippen LogP contribution in [0.2, 0.25) is 0 Å². The Kier molecular flexibility index (Phi) is 4.83. The van der Waals surface area contributed by atoms with Gasteiger partial charge in [-0.3, -0.25) is 0 Å². The molecule has 1 saturated carbocycles. The number of aliphatic hydroxyl groups excluding tert-OH is 1. The number of nitrogens with zero attached hydrogens (tertiary/aromatic N) is 1. The number of hydrogen-bond donors (Lipinski definition) is 2. The second-order valence-corrected chi connectivity index (χ2v) is 5.99. The Morgan fingerprint density at radius 1 is 1.59 bits per heavy atom. The van der Waals surface area contributed by atoms with E-state index in [1.54, 1.807) is 11.8 Å². The normalized spacial score (nSPS) is 17.1. The van der Waals surface area contributed by atoms with E-state index in [9.17, 15) is 0 Å². The van der Waals surface area contributed by atoms with Crippen LogP contribution in [0.25, 0.3) is 0 Å². The first kappa shape index (κ1) is 12.9. The van der Waals surface area contributed by atoms with Crippen LogP contribution in [0.3, 0.4) is 0 Å². The molecule has 1 unspecified atom stereocenters. The molecule has 3 nitrogen and oxygen atoms in total. The van der Waals surface area contributed by atoms with E-state index in [4.69, 9.17) is 5.11 Å². The lowest BCUT2D eigenvalue weighted by Gasteiger charge is -2.12. The molecule has 0 saturated heterocycles. The fourth-order valence-electron chi connectivity index (χ4n) is 1.64. The average Bonchev–Trinajstić information content (AvgIpc) is 3.12. The summed E-state index contributed by atoms with van der Waals surface area (Å²) in [6.07, 6.45) is 5.28. The molecule has 0 aromatic carbocycles. The highest BCUT2D eigenvalue weighted by atomic mass is 32.2. The van der Waals surface area contributed by atoms with Gasteiger partial charge in [0.05, 0.1) is 0 Å². The number of aliphatic hydroxyl groups is 1. The summed E-state index contributed by atoms with van der Waals surface area (Å²) in [5.41, 5.74) is 1.27. The first-order valence-electron chi connectivity index (χ1n) is 6.24. The third kappa shape index (κ3) is 4.30. The van der Waals surface area contributed by atoms with E-state index in [0.29, 0.717) is 5.25 Å². The molecule has 1 atom stereocenters. The molecule has 0 spiro atoms. The van der Waals surface area contributed by atoms with Crippen molar-refractivity contribution in [2.75, 3.05) is 6.61 Å². The Hall–Kier alpha value is -0.580. The van der Waals surface area contributed by atoms with Crippen molar-refractivity contribution >= 4 is 11.8 Å². The van der Waals surface area contributed by atoms with Crippen molar-refractivity contribution < 1.29 is 5.11 Å². The van der Waals surface area contributed by atoms with E-state index in [2.05, 4.69) is 23.3 Å². The zero-order valence-corrected chi connectivity index (χ0v) is 11.0. The molecule has 2 rings (SSSR count). The number of hydrogen-bond acceptors (Lipinski definition) is 4.